The number of aryl methyl sites for hydroxylation is 1. The molecule has 0 N–H and O–H groups in total. The molecule has 1 heterocycles. The molecular formula is C22H25F3N2O. The highest BCUT2D eigenvalue weighted by Gasteiger charge is 2.27. The molecule has 0 bridgehead atoms. The van der Waals surface area contributed by atoms with Crippen LogP contribution in [0.25, 0.3) is 0 Å². The fourth-order valence-electron chi connectivity index (χ4n) is 3.70. The summed E-state index contributed by atoms with van der Waals surface area (Å²) < 4.78 is 42.2. The van der Waals surface area contributed by atoms with Gasteiger partial charge in [-0.25, -0.2) is 13.2 Å². The normalized spacial score (nSPS) is 15.6. The van der Waals surface area contributed by atoms with E-state index >= 15 is 0 Å². The number of nitrogens with zero attached hydrogens (tertiary/aromatic N) is 2. The Hall–Kier alpha value is -2.34. The molecule has 3 rings (SSSR count). The Morgan fingerprint density at radius 2 is 1.75 bits per heavy atom. The molecule has 1 aliphatic heterocycles. The van der Waals surface area contributed by atoms with Gasteiger partial charge in [0.05, 0.1) is 12.5 Å². The Kier molecular flexibility index (Phi) is 6.39. The van der Waals surface area contributed by atoms with E-state index in [1.807, 2.05) is 30.3 Å². The number of hydrogen-bond acceptors (Lipinski definition) is 2. The molecule has 6 heteroatoms. The van der Waals surface area contributed by atoms with Crippen LogP contribution in [0.5, 0.6) is 0 Å². The van der Waals surface area contributed by atoms with Gasteiger partial charge in [-0.15, -0.1) is 0 Å². The summed E-state index contributed by atoms with van der Waals surface area (Å²) in [6, 6.07) is 10.3. The van der Waals surface area contributed by atoms with Crippen molar-refractivity contribution < 1.29 is 18.0 Å². The van der Waals surface area contributed by atoms with Gasteiger partial charge in [0.2, 0.25) is 5.91 Å². The van der Waals surface area contributed by atoms with Gasteiger partial charge >= 0.3 is 0 Å². The zero-order chi connectivity index (χ0) is 20.3. The number of halogens is 3. The maximum Gasteiger partial charge on any atom is 0.227 e. The maximum absolute atomic E-state index is 14.2. The van der Waals surface area contributed by atoms with Crippen LogP contribution < -0.4 is 0 Å². The topological polar surface area (TPSA) is 23.6 Å². The van der Waals surface area contributed by atoms with Gasteiger partial charge in [-0.1, -0.05) is 30.3 Å². The summed E-state index contributed by atoms with van der Waals surface area (Å²) in [5.74, 6) is -3.73. The Morgan fingerprint density at radius 3 is 2.39 bits per heavy atom. The SMILES string of the molecule is Cc1cc(F)c(CC(=O)N(C)[C@H](CN2CCCC2)c2ccccc2)c(F)c1F. The second-order valence-electron chi connectivity index (χ2n) is 7.40. The minimum atomic E-state index is -1.28. The summed E-state index contributed by atoms with van der Waals surface area (Å²) in [6.45, 7) is 3.88. The first kappa shape index (κ1) is 20.4. The van der Waals surface area contributed by atoms with Crippen molar-refractivity contribution in [2.75, 3.05) is 26.7 Å². The smallest absolute Gasteiger partial charge is 0.227 e. The molecule has 1 fully saturated rings. The van der Waals surface area contributed by atoms with Crippen LogP contribution in [0.2, 0.25) is 0 Å². The first-order valence-electron chi connectivity index (χ1n) is 9.54. The van der Waals surface area contributed by atoms with E-state index in [2.05, 4.69) is 4.90 Å². The van der Waals surface area contributed by atoms with Gasteiger partial charge in [-0.3, -0.25) is 4.79 Å². The highest BCUT2D eigenvalue weighted by molar-refractivity contribution is 5.79. The van der Waals surface area contributed by atoms with Crippen molar-refractivity contribution in [2.45, 2.75) is 32.2 Å². The van der Waals surface area contributed by atoms with Gasteiger partial charge in [0, 0.05) is 19.2 Å². The molecule has 2 aromatic rings. The van der Waals surface area contributed by atoms with Crippen LogP contribution in [-0.4, -0.2) is 42.4 Å². The lowest BCUT2D eigenvalue weighted by Crippen LogP contribution is -2.39. The zero-order valence-electron chi connectivity index (χ0n) is 16.2. The average molecular weight is 390 g/mol. The number of hydrogen-bond donors (Lipinski definition) is 0. The molecule has 1 amide bonds. The Balaban J connectivity index is 1.83. The molecule has 0 spiro atoms. The van der Waals surface area contributed by atoms with E-state index in [0.717, 1.165) is 37.6 Å². The Labute approximate surface area is 163 Å². The number of carbonyl (C=O) groups is 1. The summed E-state index contributed by atoms with van der Waals surface area (Å²) >= 11 is 0. The molecule has 0 radical (unpaired) electrons. The maximum atomic E-state index is 14.2. The van der Waals surface area contributed by atoms with E-state index in [0.29, 0.717) is 6.54 Å². The summed E-state index contributed by atoms with van der Waals surface area (Å²) in [5, 5.41) is 0. The predicted molar refractivity (Wildman–Crippen MR) is 102 cm³/mol. The molecule has 2 aromatic carbocycles. The summed E-state index contributed by atoms with van der Waals surface area (Å²) in [4.78, 5) is 16.7. The summed E-state index contributed by atoms with van der Waals surface area (Å²) in [6.07, 6.45) is 1.73. The third-order valence-corrected chi connectivity index (χ3v) is 5.44. The fraction of sp³-hybridized carbons (Fsp3) is 0.409. The second-order valence-corrected chi connectivity index (χ2v) is 7.40. The molecule has 0 aliphatic carbocycles. The van der Waals surface area contributed by atoms with Crippen LogP contribution in [0.15, 0.2) is 36.4 Å². The lowest BCUT2D eigenvalue weighted by molar-refractivity contribution is -0.131. The molecule has 150 valence electrons. The van der Waals surface area contributed by atoms with E-state index in [4.69, 9.17) is 0 Å². The molecule has 0 unspecified atom stereocenters. The van der Waals surface area contributed by atoms with Crippen LogP contribution in [-0.2, 0) is 11.2 Å². The lowest BCUT2D eigenvalue weighted by Gasteiger charge is -2.32. The van der Waals surface area contributed by atoms with Crippen LogP contribution in [0.1, 0.15) is 35.6 Å². The molecular weight excluding hydrogens is 365 g/mol. The molecule has 0 saturated carbocycles. The monoisotopic (exact) mass is 390 g/mol. The molecule has 3 nitrogen and oxygen atoms in total. The van der Waals surface area contributed by atoms with Crippen molar-refractivity contribution in [1.29, 1.82) is 0 Å². The Bertz CT molecular complexity index is 835. The van der Waals surface area contributed by atoms with Crippen molar-refractivity contribution in [1.82, 2.24) is 9.80 Å². The molecule has 28 heavy (non-hydrogen) atoms. The van der Waals surface area contributed by atoms with Gasteiger partial charge in [0.15, 0.2) is 11.6 Å². The van der Waals surface area contributed by atoms with Crippen molar-refractivity contribution in [3.63, 3.8) is 0 Å². The van der Waals surface area contributed by atoms with Crippen molar-refractivity contribution >= 4 is 5.91 Å². The standard InChI is InChI=1S/C22H25F3N2O/c1-15-12-18(23)17(22(25)21(15)24)13-20(28)26(2)19(14-27-10-6-7-11-27)16-8-4-3-5-9-16/h3-5,8-9,12,19H,6-7,10-11,13-14H2,1-2H3/t19-/m1/s1. The number of amides is 1. The fourth-order valence-corrected chi connectivity index (χ4v) is 3.70. The number of carbonyl (C=O) groups excluding carboxylic acids is 1. The zero-order valence-corrected chi connectivity index (χ0v) is 16.2. The molecule has 1 aliphatic rings. The average Bonchev–Trinajstić information content (AvgIpc) is 3.21. The summed E-state index contributed by atoms with van der Waals surface area (Å²) in [7, 11) is 1.64. The third-order valence-electron chi connectivity index (χ3n) is 5.44. The largest absolute Gasteiger partial charge is 0.337 e. The highest BCUT2D eigenvalue weighted by Crippen LogP contribution is 2.25. The third kappa shape index (κ3) is 4.38. The minimum Gasteiger partial charge on any atom is -0.337 e. The number of benzene rings is 2. The summed E-state index contributed by atoms with van der Waals surface area (Å²) in [5.41, 5.74) is 0.324. The van der Waals surface area contributed by atoms with Crippen molar-refractivity contribution in [2.24, 2.45) is 0 Å². The first-order chi connectivity index (χ1) is 13.4. The van der Waals surface area contributed by atoms with E-state index in [1.165, 1.54) is 11.8 Å². The van der Waals surface area contributed by atoms with Crippen LogP contribution in [0, 0.1) is 24.4 Å². The van der Waals surface area contributed by atoms with Crippen LogP contribution in [0.3, 0.4) is 0 Å². The predicted octanol–water partition coefficient (Wildman–Crippen LogP) is 4.25. The highest BCUT2D eigenvalue weighted by atomic mass is 19.2. The first-order valence-corrected chi connectivity index (χ1v) is 9.54. The molecule has 0 aromatic heterocycles. The van der Waals surface area contributed by atoms with E-state index < -0.39 is 35.3 Å². The van der Waals surface area contributed by atoms with Gasteiger partial charge in [0.25, 0.3) is 0 Å². The minimum absolute atomic E-state index is 0.115. The number of rotatable bonds is 6. The lowest BCUT2D eigenvalue weighted by atomic mass is 10.0. The van der Waals surface area contributed by atoms with E-state index in [1.54, 1.807) is 7.05 Å². The van der Waals surface area contributed by atoms with E-state index in [9.17, 15) is 18.0 Å². The number of likely N-dealkylation sites (tertiary alicyclic amines) is 1. The van der Waals surface area contributed by atoms with Gasteiger partial charge in [0.1, 0.15) is 5.82 Å². The Morgan fingerprint density at radius 1 is 1.11 bits per heavy atom. The van der Waals surface area contributed by atoms with Gasteiger partial charge < -0.3 is 9.80 Å². The molecule has 1 saturated heterocycles. The van der Waals surface area contributed by atoms with Crippen molar-refractivity contribution in [3.05, 3.63) is 70.5 Å². The van der Waals surface area contributed by atoms with Crippen molar-refractivity contribution in [3.8, 4) is 0 Å². The van der Waals surface area contributed by atoms with Crippen LogP contribution >= 0.6 is 0 Å². The number of likely N-dealkylation sites (N-methyl/N-ethyl adjacent to an activating group) is 1. The van der Waals surface area contributed by atoms with Crippen LogP contribution in [0.4, 0.5) is 13.2 Å². The van der Waals surface area contributed by atoms with Gasteiger partial charge in [-0.05, 0) is 50.0 Å². The quantitative estimate of drug-likeness (QED) is 0.689. The van der Waals surface area contributed by atoms with Gasteiger partial charge in [-0.2, -0.15) is 0 Å². The van der Waals surface area contributed by atoms with E-state index in [-0.39, 0.29) is 11.6 Å². The molecule has 1 atom stereocenters. The second kappa shape index (κ2) is 8.78.